The molecule has 0 aromatic heterocycles. The Kier molecular flexibility index (Phi) is 6.07. The molecule has 19 heavy (non-hydrogen) atoms. The molecule has 1 aromatic carbocycles. The molecule has 0 fully saturated rings. The third-order valence-corrected chi connectivity index (χ3v) is 4.93. The monoisotopic (exact) mass is 389 g/mol. The Labute approximate surface area is 129 Å². The lowest BCUT2D eigenvalue weighted by Gasteiger charge is -2.11. The van der Waals surface area contributed by atoms with Crippen LogP contribution < -0.4 is 4.72 Å². The summed E-state index contributed by atoms with van der Waals surface area (Å²) in [6, 6.07) is 4.09. The van der Waals surface area contributed by atoms with Gasteiger partial charge in [0.25, 0.3) is 0 Å². The van der Waals surface area contributed by atoms with Gasteiger partial charge in [0.2, 0.25) is 10.0 Å². The van der Waals surface area contributed by atoms with Gasteiger partial charge in [-0.05, 0) is 18.2 Å². The van der Waals surface area contributed by atoms with Crippen molar-refractivity contribution in [2.24, 2.45) is 0 Å². The molecule has 0 spiro atoms. The minimum atomic E-state index is -3.85. The number of halogens is 3. The Morgan fingerprint density at radius 3 is 2.68 bits per heavy atom. The second kappa shape index (κ2) is 6.90. The predicted molar refractivity (Wildman–Crippen MR) is 76.4 cm³/mol. The maximum absolute atomic E-state index is 12.0. The van der Waals surface area contributed by atoms with Crippen LogP contribution in [-0.2, 0) is 19.6 Å². The predicted octanol–water partition coefficient (Wildman–Crippen LogP) is 2.21. The first kappa shape index (κ1) is 16.7. The van der Waals surface area contributed by atoms with Gasteiger partial charge in [-0.25, -0.2) is 13.1 Å². The van der Waals surface area contributed by atoms with Gasteiger partial charge in [0.1, 0.15) is 9.72 Å². The lowest BCUT2D eigenvalue weighted by Crippen LogP contribution is -2.34. The number of esters is 1. The van der Waals surface area contributed by atoms with Crippen LogP contribution >= 0.6 is 39.1 Å². The first-order valence-corrected chi connectivity index (χ1v) is 8.10. The molecule has 1 N–H and O–H groups in total. The molecule has 0 aliphatic carbocycles. The average Bonchev–Trinajstić information content (AvgIpc) is 2.37. The summed E-state index contributed by atoms with van der Waals surface area (Å²) in [5, 5.41) is 0.286. The van der Waals surface area contributed by atoms with Gasteiger partial charge in [-0.15, -0.1) is 0 Å². The summed E-state index contributed by atoms with van der Waals surface area (Å²) >= 11 is 14.5. The van der Waals surface area contributed by atoms with Gasteiger partial charge in [-0.1, -0.05) is 39.1 Å². The van der Waals surface area contributed by atoms with E-state index in [1.54, 1.807) is 0 Å². The molecule has 0 saturated heterocycles. The molecule has 9 heteroatoms. The van der Waals surface area contributed by atoms with Crippen molar-refractivity contribution in [1.82, 2.24) is 4.72 Å². The summed E-state index contributed by atoms with van der Waals surface area (Å²) in [6.45, 7) is -0.169. The standard InChI is InChI=1S/C10H10BrCl2NO4S/c1-18-10(15)7(11)5-14-19(16,17)9-4-6(12)2-3-8(9)13/h2-4,7,14H,5H2,1H3. The average molecular weight is 391 g/mol. The number of carbonyl (C=O) groups excluding carboxylic acids is 1. The highest BCUT2D eigenvalue weighted by Crippen LogP contribution is 2.24. The Hall–Kier alpha value is -0.340. The van der Waals surface area contributed by atoms with E-state index >= 15 is 0 Å². The number of sulfonamides is 1. The third-order valence-electron chi connectivity index (χ3n) is 2.09. The van der Waals surface area contributed by atoms with E-state index in [9.17, 15) is 13.2 Å². The maximum Gasteiger partial charge on any atom is 0.320 e. The van der Waals surface area contributed by atoms with Crippen molar-refractivity contribution in [2.75, 3.05) is 13.7 Å². The lowest BCUT2D eigenvalue weighted by atomic mass is 10.4. The Balaban J connectivity index is 2.87. The number of nitrogens with one attached hydrogen (secondary N) is 1. The number of hydrogen-bond donors (Lipinski definition) is 1. The summed E-state index contributed by atoms with van der Waals surface area (Å²) in [7, 11) is -2.65. The molecule has 0 bridgehead atoms. The molecule has 106 valence electrons. The molecule has 0 aliphatic heterocycles. The molecule has 0 aliphatic rings. The van der Waals surface area contributed by atoms with Crippen molar-refractivity contribution < 1.29 is 17.9 Å². The van der Waals surface area contributed by atoms with Crippen LogP contribution in [0.15, 0.2) is 23.1 Å². The molecule has 5 nitrogen and oxygen atoms in total. The van der Waals surface area contributed by atoms with Crippen LogP contribution in [0.3, 0.4) is 0 Å². The fourth-order valence-corrected chi connectivity index (χ4v) is 3.53. The highest BCUT2D eigenvalue weighted by atomic mass is 79.9. The lowest BCUT2D eigenvalue weighted by molar-refractivity contribution is -0.139. The van der Waals surface area contributed by atoms with E-state index in [0.29, 0.717) is 0 Å². The van der Waals surface area contributed by atoms with Gasteiger partial charge in [-0.3, -0.25) is 4.79 Å². The summed E-state index contributed by atoms with van der Waals surface area (Å²) in [5.74, 6) is -0.583. The Morgan fingerprint density at radius 2 is 2.11 bits per heavy atom. The number of benzene rings is 1. The fraction of sp³-hybridized carbons (Fsp3) is 0.300. The fourth-order valence-electron chi connectivity index (χ4n) is 1.15. The quantitative estimate of drug-likeness (QED) is 0.617. The molecule has 1 unspecified atom stereocenters. The minimum Gasteiger partial charge on any atom is -0.468 e. The van der Waals surface area contributed by atoms with Crippen molar-refractivity contribution in [1.29, 1.82) is 0 Å². The largest absolute Gasteiger partial charge is 0.468 e. The van der Waals surface area contributed by atoms with Crippen LogP contribution in [0, 0.1) is 0 Å². The molecule has 1 atom stereocenters. The first-order chi connectivity index (χ1) is 8.77. The number of ether oxygens (including phenoxy) is 1. The normalized spacial score (nSPS) is 13.1. The zero-order valence-corrected chi connectivity index (χ0v) is 13.6. The van der Waals surface area contributed by atoms with Crippen LogP contribution in [0.2, 0.25) is 10.0 Å². The van der Waals surface area contributed by atoms with Gasteiger partial charge in [0, 0.05) is 11.6 Å². The van der Waals surface area contributed by atoms with E-state index in [1.165, 1.54) is 25.3 Å². The first-order valence-electron chi connectivity index (χ1n) is 4.94. The van der Waals surface area contributed by atoms with E-state index in [0.717, 1.165) is 0 Å². The van der Waals surface area contributed by atoms with Crippen molar-refractivity contribution in [2.45, 2.75) is 9.72 Å². The molecular formula is C10H10BrCl2NO4S. The SMILES string of the molecule is COC(=O)C(Br)CNS(=O)(=O)c1cc(Cl)ccc1Cl. The van der Waals surface area contributed by atoms with Crippen molar-refractivity contribution in [3.8, 4) is 0 Å². The zero-order chi connectivity index (χ0) is 14.6. The van der Waals surface area contributed by atoms with Crippen LogP contribution in [-0.4, -0.2) is 32.9 Å². The van der Waals surface area contributed by atoms with Crippen LogP contribution in [0.4, 0.5) is 0 Å². The number of carbonyl (C=O) groups is 1. The van der Waals surface area contributed by atoms with Gasteiger partial charge in [-0.2, -0.15) is 0 Å². The highest BCUT2D eigenvalue weighted by molar-refractivity contribution is 9.10. The molecule has 0 amide bonds. The molecule has 0 radical (unpaired) electrons. The van der Waals surface area contributed by atoms with Crippen molar-refractivity contribution in [3.63, 3.8) is 0 Å². The molecule has 1 rings (SSSR count). The van der Waals surface area contributed by atoms with Crippen molar-refractivity contribution >= 4 is 55.1 Å². The van der Waals surface area contributed by atoms with Crippen LogP contribution in [0.1, 0.15) is 0 Å². The topological polar surface area (TPSA) is 72.5 Å². The summed E-state index contributed by atoms with van der Waals surface area (Å²) in [4.78, 5) is 10.2. The zero-order valence-electron chi connectivity index (χ0n) is 9.69. The van der Waals surface area contributed by atoms with E-state index in [2.05, 4.69) is 25.4 Å². The summed E-state index contributed by atoms with van der Waals surface area (Å²) in [6.07, 6.45) is 0. The minimum absolute atomic E-state index is 0.0427. The molecule has 0 saturated carbocycles. The molecular weight excluding hydrogens is 381 g/mol. The van der Waals surface area contributed by atoms with Gasteiger partial charge < -0.3 is 4.74 Å². The number of methoxy groups -OCH3 is 1. The van der Waals surface area contributed by atoms with Gasteiger partial charge in [0.15, 0.2) is 0 Å². The van der Waals surface area contributed by atoms with Crippen LogP contribution in [0.5, 0.6) is 0 Å². The van der Waals surface area contributed by atoms with E-state index in [4.69, 9.17) is 23.2 Å². The van der Waals surface area contributed by atoms with E-state index in [1.807, 2.05) is 0 Å². The second-order valence-corrected chi connectivity index (χ2v) is 7.10. The van der Waals surface area contributed by atoms with E-state index in [-0.39, 0.29) is 21.5 Å². The van der Waals surface area contributed by atoms with Gasteiger partial charge >= 0.3 is 5.97 Å². The number of hydrogen-bond acceptors (Lipinski definition) is 4. The summed E-state index contributed by atoms with van der Waals surface area (Å²) < 4.78 is 30.7. The molecule has 0 heterocycles. The number of rotatable bonds is 5. The Morgan fingerprint density at radius 1 is 1.47 bits per heavy atom. The van der Waals surface area contributed by atoms with Crippen LogP contribution in [0.25, 0.3) is 0 Å². The Bertz CT molecular complexity index is 579. The number of alkyl halides is 1. The second-order valence-electron chi connectivity index (χ2n) is 3.42. The smallest absolute Gasteiger partial charge is 0.320 e. The maximum atomic E-state index is 12.0. The van der Waals surface area contributed by atoms with E-state index < -0.39 is 20.8 Å². The van der Waals surface area contributed by atoms with Crippen molar-refractivity contribution in [3.05, 3.63) is 28.2 Å². The highest BCUT2D eigenvalue weighted by Gasteiger charge is 2.22. The van der Waals surface area contributed by atoms with Gasteiger partial charge in [0.05, 0.1) is 12.1 Å². The summed E-state index contributed by atoms with van der Waals surface area (Å²) in [5.41, 5.74) is 0. The molecule has 1 aromatic rings. The third kappa shape index (κ3) is 4.61.